The average molecular weight is 441 g/mol. The largest absolute Gasteiger partial charge is 0.297 e. The maximum Gasteiger partial charge on any atom is 0.123 e. The second-order valence-electron chi connectivity index (χ2n) is 7.66. The summed E-state index contributed by atoms with van der Waals surface area (Å²) in [6.07, 6.45) is 4.37. The van der Waals surface area contributed by atoms with Crippen molar-refractivity contribution in [3.63, 3.8) is 0 Å². The molecule has 0 spiro atoms. The van der Waals surface area contributed by atoms with Crippen molar-refractivity contribution in [2.45, 2.75) is 6.04 Å². The van der Waals surface area contributed by atoms with Crippen LogP contribution in [0.4, 0.5) is 8.78 Å². The molecule has 5 heteroatoms. The normalized spacial score (nSPS) is 15.3. The highest BCUT2D eigenvalue weighted by molar-refractivity contribution is 5.85. The molecule has 1 fully saturated rings. The second-order valence-corrected chi connectivity index (χ2v) is 7.66. The minimum absolute atomic E-state index is 0. The van der Waals surface area contributed by atoms with Crippen molar-refractivity contribution in [3.8, 4) is 0 Å². The molecule has 0 aromatic heterocycles. The highest BCUT2D eigenvalue weighted by Crippen LogP contribution is 2.30. The zero-order valence-corrected chi connectivity index (χ0v) is 18.1. The summed E-state index contributed by atoms with van der Waals surface area (Å²) in [4.78, 5) is 4.83. The average Bonchev–Trinajstić information content (AvgIpc) is 2.78. The molecule has 0 aliphatic carbocycles. The quantitative estimate of drug-likeness (QED) is 0.477. The van der Waals surface area contributed by atoms with Crippen molar-refractivity contribution in [1.29, 1.82) is 0 Å². The van der Waals surface area contributed by atoms with Gasteiger partial charge in [0.2, 0.25) is 0 Å². The van der Waals surface area contributed by atoms with Gasteiger partial charge >= 0.3 is 0 Å². The summed E-state index contributed by atoms with van der Waals surface area (Å²) in [6, 6.07) is 23.6. The molecule has 3 aromatic carbocycles. The number of halogens is 3. The van der Waals surface area contributed by atoms with E-state index in [1.807, 2.05) is 42.5 Å². The Balaban J connectivity index is 0.00000272. The predicted molar refractivity (Wildman–Crippen MR) is 125 cm³/mol. The first kappa shape index (κ1) is 23.1. The summed E-state index contributed by atoms with van der Waals surface area (Å²) in [7, 11) is 0. The van der Waals surface area contributed by atoms with Gasteiger partial charge in [-0.15, -0.1) is 12.4 Å². The smallest absolute Gasteiger partial charge is 0.123 e. The third kappa shape index (κ3) is 6.23. The van der Waals surface area contributed by atoms with Gasteiger partial charge in [0, 0.05) is 32.7 Å². The van der Waals surface area contributed by atoms with E-state index < -0.39 is 0 Å². The van der Waals surface area contributed by atoms with Gasteiger partial charge in [-0.2, -0.15) is 0 Å². The lowest BCUT2D eigenvalue weighted by molar-refractivity contribution is 0.118. The highest BCUT2D eigenvalue weighted by Gasteiger charge is 2.26. The van der Waals surface area contributed by atoms with E-state index in [-0.39, 0.29) is 30.1 Å². The van der Waals surface area contributed by atoms with Crippen LogP contribution in [-0.2, 0) is 0 Å². The second kappa shape index (κ2) is 11.2. The van der Waals surface area contributed by atoms with Crippen LogP contribution in [0.5, 0.6) is 0 Å². The Morgan fingerprint density at radius 3 is 1.74 bits per heavy atom. The molecule has 0 atom stereocenters. The van der Waals surface area contributed by atoms with E-state index in [0.29, 0.717) is 0 Å². The van der Waals surface area contributed by atoms with E-state index in [9.17, 15) is 8.78 Å². The Morgan fingerprint density at radius 1 is 0.710 bits per heavy atom. The highest BCUT2D eigenvalue weighted by atomic mass is 35.5. The van der Waals surface area contributed by atoms with Gasteiger partial charge in [-0.05, 0) is 41.0 Å². The lowest BCUT2D eigenvalue weighted by Gasteiger charge is -2.39. The molecule has 1 aliphatic heterocycles. The van der Waals surface area contributed by atoms with Crippen LogP contribution in [0.1, 0.15) is 22.7 Å². The topological polar surface area (TPSA) is 6.48 Å². The number of hydrogen-bond acceptors (Lipinski definition) is 2. The summed E-state index contributed by atoms with van der Waals surface area (Å²) in [5, 5.41) is 0. The van der Waals surface area contributed by atoms with E-state index in [1.165, 1.54) is 29.8 Å². The number of rotatable bonds is 6. The van der Waals surface area contributed by atoms with Crippen LogP contribution in [0, 0.1) is 11.6 Å². The summed E-state index contributed by atoms with van der Waals surface area (Å²) >= 11 is 0. The molecule has 0 amide bonds. The van der Waals surface area contributed by atoms with E-state index in [0.717, 1.165) is 43.9 Å². The van der Waals surface area contributed by atoms with Gasteiger partial charge in [-0.1, -0.05) is 66.7 Å². The molecule has 0 N–H and O–H groups in total. The maximum atomic E-state index is 13.5. The van der Waals surface area contributed by atoms with Crippen molar-refractivity contribution >= 4 is 18.5 Å². The first-order chi connectivity index (χ1) is 14.7. The van der Waals surface area contributed by atoms with Crippen molar-refractivity contribution < 1.29 is 8.78 Å². The first-order valence-corrected chi connectivity index (χ1v) is 10.4. The van der Waals surface area contributed by atoms with Gasteiger partial charge in [-0.25, -0.2) is 8.78 Å². The van der Waals surface area contributed by atoms with Crippen molar-refractivity contribution in [2.75, 3.05) is 32.7 Å². The fourth-order valence-electron chi connectivity index (χ4n) is 4.01. The first-order valence-electron chi connectivity index (χ1n) is 10.4. The molecule has 0 bridgehead atoms. The Hall–Kier alpha value is -2.53. The molecule has 0 unspecified atom stereocenters. The number of piperazine rings is 1. The summed E-state index contributed by atoms with van der Waals surface area (Å²) in [5.74, 6) is -0.488. The van der Waals surface area contributed by atoms with Gasteiger partial charge in [-0.3, -0.25) is 9.80 Å². The minimum atomic E-state index is -0.244. The van der Waals surface area contributed by atoms with Crippen LogP contribution in [0.15, 0.2) is 84.9 Å². The van der Waals surface area contributed by atoms with Crippen LogP contribution in [0.2, 0.25) is 0 Å². The van der Waals surface area contributed by atoms with Crippen molar-refractivity contribution in [1.82, 2.24) is 9.80 Å². The third-order valence-electron chi connectivity index (χ3n) is 5.62. The lowest BCUT2D eigenvalue weighted by Crippen LogP contribution is -2.47. The fraction of sp³-hybridized carbons (Fsp3) is 0.231. The SMILES string of the molecule is Cl.Fc1ccc(C(c2ccc(F)cc2)N2CCN(CC=Cc3ccccc3)CC2)cc1. The third-order valence-corrected chi connectivity index (χ3v) is 5.62. The van der Waals surface area contributed by atoms with E-state index in [1.54, 1.807) is 0 Å². The molecule has 0 saturated carbocycles. The molecular weight excluding hydrogens is 414 g/mol. The predicted octanol–water partition coefficient (Wildman–Crippen LogP) is 5.81. The molecule has 0 radical (unpaired) electrons. The Bertz CT molecular complexity index is 905. The number of nitrogens with zero attached hydrogens (tertiary/aromatic N) is 2. The van der Waals surface area contributed by atoms with Gasteiger partial charge in [0.15, 0.2) is 0 Å². The fourth-order valence-corrected chi connectivity index (χ4v) is 4.01. The summed E-state index contributed by atoms with van der Waals surface area (Å²) < 4.78 is 26.9. The summed E-state index contributed by atoms with van der Waals surface area (Å²) in [6.45, 7) is 4.63. The van der Waals surface area contributed by atoms with E-state index >= 15 is 0 Å². The Kier molecular flexibility index (Phi) is 8.35. The number of benzene rings is 3. The van der Waals surface area contributed by atoms with Gasteiger partial charge < -0.3 is 0 Å². The molecule has 1 saturated heterocycles. The molecule has 31 heavy (non-hydrogen) atoms. The lowest BCUT2D eigenvalue weighted by atomic mass is 9.96. The molecule has 3 aromatic rings. The van der Waals surface area contributed by atoms with Crippen molar-refractivity contribution in [2.24, 2.45) is 0 Å². The van der Waals surface area contributed by atoms with Gasteiger partial charge in [0.25, 0.3) is 0 Å². The molecule has 1 aliphatic rings. The molecule has 162 valence electrons. The van der Waals surface area contributed by atoms with Crippen LogP contribution in [0.25, 0.3) is 6.08 Å². The van der Waals surface area contributed by atoms with Crippen molar-refractivity contribution in [3.05, 3.63) is 113 Å². The van der Waals surface area contributed by atoms with Crippen LogP contribution >= 0.6 is 12.4 Å². The zero-order chi connectivity index (χ0) is 20.8. The van der Waals surface area contributed by atoms with Gasteiger partial charge in [0.1, 0.15) is 11.6 Å². The zero-order valence-electron chi connectivity index (χ0n) is 17.3. The van der Waals surface area contributed by atoms with Crippen LogP contribution < -0.4 is 0 Å². The standard InChI is InChI=1S/C26H26F2N2.ClH/c27-24-12-8-22(9-13-24)26(23-10-14-25(28)15-11-23)30-19-17-29(18-20-30)16-4-7-21-5-2-1-3-6-21;/h1-15,26H,16-20H2;1H. The Morgan fingerprint density at radius 2 is 1.23 bits per heavy atom. The maximum absolute atomic E-state index is 13.5. The Labute approximate surface area is 189 Å². The summed E-state index contributed by atoms with van der Waals surface area (Å²) in [5.41, 5.74) is 3.27. The van der Waals surface area contributed by atoms with E-state index in [2.05, 4.69) is 34.1 Å². The van der Waals surface area contributed by atoms with Gasteiger partial charge in [0.05, 0.1) is 6.04 Å². The molecule has 4 rings (SSSR count). The molecule has 1 heterocycles. The number of hydrogen-bond donors (Lipinski definition) is 0. The van der Waals surface area contributed by atoms with Crippen LogP contribution in [-0.4, -0.2) is 42.5 Å². The minimum Gasteiger partial charge on any atom is -0.297 e. The monoisotopic (exact) mass is 440 g/mol. The van der Waals surface area contributed by atoms with E-state index in [4.69, 9.17) is 0 Å². The van der Waals surface area contributed by atoms with Crippen LogP contribution in [0.3, 0.4) is 0 Å². The molecular formula is C26H27ClF2N2. The molecule has 2 nitrogen and oxygen atoms in total.